The van der Waals surface area contributed by atoms with E-state index in [0.29, 0.717) is 47.6 Å². The number of amides is 2. The van der Waals surface area contributed by atoms with E-state index in [1.54, 1.807) is 6.07 Å². The summed E-state index contributed by atoms with van der Waals surface area (Å²) in [6, 6.07) is 3.14. The van der Waals surface area contributed by atoms with Crippen LogP contribution < -0.4 is 21.1 Å². The number of halogens is 2. The largest absolute Gasteiger partial charge is 0.474 e. The second-order valence-corrected chi connectivity index (χ2v) is 9.03. The van der Waals surface area contributed by atoms with Gasteiger partial charge < -0.3 is 25.4 Å². The van der Waals surface area contributed by atoms with Crippen molar-refractivity contribution in [2.75, 3.05) is 42.6 Å². The topological polar surface area (TPSA) is 132 Å². The summed E-state index contributed by atoms with van der Waals surface area (Å²) in [5.74, 6) is -0.256. The lowest BCUT2D eigenvalue weighted by molar-refractivity contribution is -0.133. The molecule has 0 saturated carbocycles. The lowest BCUT2D eigenvalue weighted by Crippen LogP contribution is -2.48. The molecule has 1 saturated heterocycles. The van der Waals surface area contributed by atoms with Gasteiger partial charge in [0.2, 0.25) is 11.8 Å². The number of likely N-dealkylation sites (tertiary alicyclic amines) is 1. The Hall–Kier alpha value is -4.22. The molecule has 1 aromatic carbocycles. The van der Waals surface area contributed by atoms with Gasteiger partial charge in [-0.15, -0.1) is 0 Å². The molecule has 0 radical (unpaired) electrons. The molecule has 5 rings (SSSR count). The third-order valence-corrected chi connectivity index (χ3v) is 6.65. The number of nitrogens with one attached hydrogen (secondary N) is 2. The molecule has 1 unspecified atom stereocenters. The van der Waals surface area contributed by atoms with Crippen LogP contribution in [0.3, 0.4) is 0 Å². The molecule has 2 aliphatic heterocycles. The number of rotatable bonds is 3. The highest BCUT2D eigenvalue weighted by atomic mass is 19.1. The van der Waals surface area contributed by atoms with Gasteiger partial charge in [0.1, 0.15) is 24.2 Å². The Balaban J connectivity index is 1.39. The van der Waals surface area contributed by atoms with Gasteiger partial charge in [-0.2, -0.15) is 0 Å². The Kier molecular flexibility index (Phi) is 6.40. The fourth-order valence-corrected chi connectivity index (χ4v) is 4.63. The van der Waals surface area contributed by atoms with Gasteiger partial charge in [0.05, 0.1) is 12.2 Å². The van der Waals surface area contributed by atoms with E-state index in [0.717, 1.165) is 5.56 Å². The van der Waals surface area contributed by atoms with E-state index >= 15 is 4.39 Å². The molecule has 10 nitrogen and oxygen atoms in total. The number of nitrogens with zero attached hydrogens (tertiary/aromatic N) is 3. The molecule has 0 spiro atoms. The van der Waals surface area contributed by atoms with Gasteiger partial charge in [-0.3, -0.25) is 10.1 Å². The maximum absolute atomic E-state index is 15.3. The van der Waals surface area contributed by atoms with Crippen LogP contribution in [0.5, 0.6) is 5.88 Å². The van der Waals surface area contributed by atoms with Crippen molar-refractivity contribution < 1.29 is 27.8 Å². The van der Waals surface area contributed by atoms with E-state index < -0.39 is 24.2 Å². The average Bonchev–Trinajstić information content (AvgIpc) is 2.88. The fourth-order valence-electron chi connectivity index (χ4n) is 4.63. The van der Waals surface area contributed by atoms with Crippen molar-refractivity contribution in [1.29, 1.82) is 0 Å². The molecule has 4 N–H and O–H groups in total. The van der Waals surface area contributed by atoms with Crippen LogP contribution >= 0.6 is 0 Å². The van der Waals surface area contributed by atoms with Crippen molar-refractivity contribution in [2.24, 2.45) is 0 Å². The second kappa shape index (κ2) is 9.68. The minimum absolute atomic E-state index is 0.0899. The van der Waals surface area contributed by atoms with Crippen LogP contribution in [-0.4, -0.2) is 65.4 Å². The van der Waals surface area contributed by atoms with Crippen LogP contribution in [0.25, 0.3) is 21.9 Å². The Morgan fingerprint density at radius 2 is 2.08 bits per heavy atom. The minimum atomic E-state index is -1.49. The van der Waals surface area contributed by atoms with Crippen LogP contribution in [0, 0.1) is 12.7 Å². The molecule has 2 aliphatic rings. The zero-order valence-electron chi connectivity index (χ0n) is 20.3. The van der Waals surface area contributed by atoms with Gasteiger partial charge in [-0.05, 0) is 30.0 Å². The van der Waals surface area contributed by atoms with Crippen molar-refractivity contribution in [3.05, 3.63) is 35.9 Å². The smallest absolute Gasteiger partial charge is 0.413 e. The third kappa shape index (κ3) is 4.66. The SMILES string of the molecule is CC(=O)N1CC[C@@H](OC(=O)Nc2cc3cc(-c4cnc5c(c4C)NCCO5)c(F)c(N)c3cn2)C(F)C1. The zero-order valence-corrected chi connectivity index (χ0v) is 20.3. The summed E-state index contributed by atoms with van der Waals surface area (Å²) in [6.45, 7) is 4.47. The molecule has 0 bridgehead atoms. The van der Waals surface area contributed by atoms with Crippen molar-refractivity contribution in [1.82, 2.24) is 14.9 Å². The summed E-state index contributed by atoms with van der Waals surface area (Å²) in [5, 5.41) is 6.61. The van der Waals surface area contributed by atoms with Gasteiger partial charge in [-0.1, -0.05) is 0 Å². The number of hydrogen-bond acceptors (Lipinski definition) is 8. The first-order chi connectivity index (χ1) is 17.7. The fraction of sp³-hybridized carbons (Fsp3) is 0.360. The number of carbonyl (C=O) groups is 2. The summed E-state index contributed by atoms with van der Waals surface area (Å²) in [7, 11) is 0. The molecule has 1 fully saturated rings. The molecule has 2 atom stereocenters. The highest BCUT2D eigenvalue weighted by Gasteiger charge is 2.33. The van der Waals surface area contributed by atoms with E-state index in [1.165, 1.54) is 30.3 Å². The van der Waals surface area contributed by atoms with Gasteiger partial charge in [0.15, 0.2) is 12.0 Å². The summed E-state index contributed by atoms with van der Waals surface area (Å²) in [6.07, 6.45) is -0.285. The normalized spacial score (nSPS) is 19.0. The van der Waals surface area contributed by atoms with Crippen LogP contribution in [0.1, 0.15) is 18.9 Å². The van der Waals surface area contributed by atoms with Crippen LogP contribution in [0.2, 0.25) is 0 Å². The number of piperidine rings is 1. The van der Waals surface area contributed by atoms with Crippen molar-refractivity contribution in [3.8, 4) is 17.0 Å². The molecule has 2 amide bonds. The predicted molar refractivity (Wildman–Crippen MR) is 134 cm³/mol. The first-order valence-corrected chi connectivity index (χ1v) is 11.8. The number of aromatic nitrogens is 2. The first kappa shape index (κ1) is 24.5. The van der Waals surface area contributed by atoms with E-state index in [9.17, 15) is 14.0 Å². The number of benzene rings is 1. The van der Waals surface area contributed by atoms with Crippen LogP contribution in [-0.2, 0) is 9.53 Å². The standard InChI is InChI=1S/C25H26F2N6O4/c1-12-16(9-31-24-23(12)29-4-6-36-24)15-7-14-8-20(30-10-17(14)22(28)21(15)27)32-25(35)37-19-3-5-33(13(2)34)11-18(19)26/h7-10,18-19,29H,3-6,11,28H2,1-2H3,(H,30,32,35)/t18?,19-/m1/s1. The summed E-state index contributed by atoms with van der Waals surface area (Å²) < 4.78 is 40.5. The zero-order chi connectivity index (χ0) is 26.3. The number of carbonyl (C=O) groups excluding carboxylic acids is 2. The molecule has 194 valence electrons. The lowest BCUT2D eigenvalue weighted by Gasteiger charge is -2.33. The second-order valence-electron chi connectivity index (χ2n) is 9.03. The molecule has 0 aliphatic carbocycles. The molecular formula is C25H26F2N6O4. The predicted octanol–water partition coefficient (Wildman–Crippen LogP) is 3.64. The number of pyridine rings is 2. The Morgan fingerprint density at radius 3 is 2.84 bits per heavy atom. The minimum Gasteiger partial charge on any atom is -0.474 e. The summed E-state index contributed by atoms with van der Waals surface area (Å²) >= 11 is 0. The van der Waals surface area contributed by atoms with E-state index in [-0.39, 0.29) is 35.9 Å². The van der Waals surface area contributed by atoms with Crippen molar-refractivity contribution in [3.63, 3.8) is 0 Å². The Labute approximate surface area is 211 Å². The van der Waals surface area contributed by atoms with Gasteiger partial charge in [0.25, 0.3) is 0 Å². The maximum Gasteiger partial charge on any atom is 0.413 e. The van der Waals surface area contributed by atoms with Gasteiger partial charge in [-0.25, -0.2) is 23.5 Å². The monoisotopic (exact) mass is 512 g/mol. The maximum atomic E-state index is 15.3. The number of nitrogens with two attached hydrogens (primary N) is 1. The lowest BCUT2D eigenvalue weighted by atomic mass is 9.97. The highest BCUT2D eigenvalue weighted by Crippen LogP contribution is 2.39. The van der Waals surface area contributed by atoms with E-state index in [2.05, 4.69) is 20.6 Å². The number of anilines is 3. The van der Waals surface area contributed by atoms with E-state index in [1.807, 2.05) is 6.92 Å². The van der Waals surface area contributed by atoms with E-state index in [4.69, 9.17) is 15.2 Å². The molecular weight excluding hydrogens is 486 g/mol. The first-order valence-electron chi connectivity index (χ1n) is 11.8. The number of alkyl halides is 1. The Morgan fingerprint density at radius 1 is 1.27 bits per heavy atom. The number of nitrogen functional groups attached to an aromatic ring is 1. The Bertz CT molecular complexity index is 1400. The highest BCUT2D eigenvalue weighted by molar-refractivity contribution is 5.99. The average molecular weight is 513 g/mol. The quantitative estimate of drug-likeness (QED) is 0.454. The molecule has 12 heteroatoms. The summed E-state index contributed by atoms with van der Waals surface area (Å²) in [4.78, 5) is 33.7. The number of hydrogen-bond donors (Lipinski definition) is 3. The molecule has 37 heavy (non-hydrogen) atoms. The third-order valence-electron chi connectivity index (χ3n) is 6.65. The number of ether oxygens (including phenoxy) is 2. The van der Waals surface area contributed by atoms with Crippen LogP contribution in [0.4, 0.5) is 30.8 Å². The number of fused-ring (bicyclic) bond motifs is 2. The van der Waals surface area contributed by atoms with Gasteiger partial charge in [0, 0.05) is 55.3 Å². The molecule has 2 aromatic heterocycles. The molecule has 3 aromatic rings. The van der Waals surface area contributed by atoms with Gasteiger partial charge >= 0.3 is 6.09 Å². The van der Waals surface area contributed by atoms with Crippen LogP contribution in [0.15, 0.2) is 24.5 Å². The molecule has 4 heterocycles. The van der Waals surface area contributed by atoms with Crippen molar-refractivity contribution >= 4 is 40.0 Å². The van der Waals surface area contributed by atoms with Crippen molar-refractivity contribution in [2.45, 2.75) is 32.5 Å². The summed E-state index contributed by atoms with van der Waals surface area (Å²) in [5.41, 5.74) is 8.25.